The van der Waals surface area contributed by atoms with Crippen molar-refractivity contribution in [2.24, 2.45) is 5.92 Å². The second-order valence-electron chi connectivity index (χ2n) is 7.84. The van der Waals surface area contributed by atoms with Crippen LogP contribution in [0, 0.1) is 5.92 Å². The fourth-order valence-electron chi connectivity index (χ4n) is 3.89. The molecular weight excluding hydrogens is 394 g/mol. The van der Waals surface area contributed by atoms with Crippen LogP contribution >= 0.6 is 24.0 Å². The van der Waals surface area contributed by atoms with Crippen molar-refractivity contribution in [1.29, 1.82) is 0 Å². The lowest BCUT2D eigenvalue weighted by molar-refractivity contribution is 0.213. The molecule has 0 aromatic heterocycles. The Morgan fingerprint density at radius 3 is 2.38 bits per heavy atom. The van der Waals surface area contributed by atoms with E-state index in [0.717, 1.165) is 36.6 Å². The summed E-state index contributed by atoms with van der Waals surface area (Å²) in [4.78, 5) is 8.52. The molecule has 0 radical (unpaired) electrons. The van der Waals surface area contributed by atoms with Crippen LogP contribution in [0.5, 0.6) is 0 Å². The molecule has 0 amide bonds. The molecule has 0 saturated carbocycles. The average molecular weight is 428 g/mol. The van der Waals surface area contributed by atoms with Crippen LogP contribution in [0.4, 0.5) is 11.4 Å². The molecule has 29 heavy (non-hydrogen) atoms. The number of nitrogens with zero attached hydrogens (tertiary/aromatic N) is 2. The number of anilines is 2. The Morgan fingerprint density at radius 1 is 1.03 bits per heavy atom. The van der Waals surface area contributed by atoms with E-state index in [1.807, 2.05) is 11.8 Å². The largest absolute Gasteiger partial charge is 0.376 e. The summed E-state index contributed by atoms with van der Waals surface area (Å²) >= 11 is 7.56. The predicted octanol–water partition coefficient (Wildman–Crippen LogP) is 6.29. The minimum Gasteiger partial charge on any atom is -0.376 e. The quantitative estimate of drug-likeness (QED) is 0.498. The van der Waals surface area contributed by atoms with Crippen LogP contribution in [0.2, 0.25) is 0 Å². The smallest absolute Gasteiger partial charge is 0.106 e. The van der Waals surface area contributed by atoms with Gasteiger partial charge in [0.15, 0.2) is 0 Å². The maximum absolute atomic E-state index is 5.70. The van der Waals surface area contributed by atoms with Crippen LogP contribution in [-0.4, -0.2) is 35.7 Å². The molecule has 156 valence electrons. The third-order valence-electron chi connectivity index (χ3n) is 5.39. The third kappa shape index (κ3) is 4.79. The summed E-state index contributed by atoms with van der Waals surface area (Å²) in [5, 5.41) is 3.42. The van der Waals surface area contributed by atoms with Gasteiger partial charge in [-0.05, 0) is 49.7 Å². The second-order valence-corrected chi connectivity index (χ2v) is 9.33. The molecule has 1 heterocycles. The first-order valence-corrected chi connectivity index (χ1v) is 11.9. The Morgan fingerprint density at radius 2 is 1.72 bits per heavy atom. The normalized spacial score (nSPS) is 14.0. The fourth-order valence-corrected chi connectivity index (χ4v) is 5.16. The van der Waals surface area contributed by atoms with Gasteiger partial charge in [-0.2, -0.15) is 0 Å². The molecule has 0 fully saturated rings. The lowest BCUT2D eigenvalue weighted by Gasteiger charge is -2.43. The molecule has 0 aliphatic carbocycles. The molecular formula is C24H33N3S2. The van der Waals surface area contributed by atoms with Crippen molar-refractivity contribution in [3.63, 3.8) is 0 Å². The van der Waals surface area contributed by atoms with Crippen LogP contribution in [0.25, 0.3) is 0 Å². The summed E-state index contributed by atoms with van der Waals surface area (Å²) in [7, 11) is 0. The number of hydrogen-bond donors (Lipinski definition) is 1. The van der Waals surface area contributed by atoms with Gasteiger partial charge in [-0.25, -0.2) is 0 Å². The van der Waals surface area contributed by atoms with Gasteiger partial charge in [-0.1, -0.05) is 76.8 Å². The maximum atomic E-state index is 5.70. The van der Waals surface area contributed by atoms with Gasteiger partial charge in [-0.15, -0.1) is 0 Å². The molecule has 1 aliphatic heterocycles. The summed E-state index contributed by atoms with van der Waals surface area (Å²) < 4.78 is 0. The van der Waals surface area contributed by atoms with Gasteiger partial charge < -0.3 is 10.2 Å². The monoisotopic (exact) mass is 427 g/mol. The highest BCUT2D eigenvalue weighted by atomic mass is 32.2. The molecule has 0 saturated heterocycles. The number of fused-ring (bicyclic) bond motifs is 2. The molecule has 1 aliphatic rings. The SMILES string of the molecule is CCC(N(CC)CC)N1c2ccccc2Sc2ccc(C(=S)NCC(C)C)cc21. The molecule has 0 bridgehead atoms. The summed E-state index contributed by atoms with van der Waals surface area (Å²) in [5.74, 6) is 0.566. The van der Waals surface area contributed by atoms with E-state index in [2.05, 4.69) is 92.2 Å². The zero-order chi connectivity index (χ0) is 21.0. The molecule has 3 nitrogen and oxygen atoms in total. The standard InChI is InChI=1S/C24H33N3S2/c1-6-23(26(7-2)8-3)27-19-11-9-10-12-21(19)29-22-14-13-18(15-20(22)27)24(28)25-16-17(4)5/h9-15,17,23H,6-8,16H2,1-5H3,(H,25,28). The van der Waals surface area contributed by atoms with E-state index in [1.54, 1.807) is 0 Å². The molecule has 2 aromatic rings. The lowest BCUT2D eigenvalue weighted by Crippen LogP contribution is -2.46. The van der Waals surface area contributed by atoms with E-state index < -0.39 is 0 Å². The predicted molar refractivity (Wildman–Crippen MR) is 131 cm³/mol. The van der Waals surface area contributed by atoms with Crippen molar-refractivity contribution in [2.75, 3.05) is 24.5 Å². The number of para-hydroxylation sites is 1. The Kier molecular flexibility index (Phi) is 7.60. The molecule has 5 heteroatoms. The van der Waals surface area contributed by atoms with E-state index in [-0.39, 0.29) is 0 Å². The van der Waals surface area contributed by atoms with E-state index in [1.165, 1.54) is 21.2 Å². The van der Waals surface area contributed by atoms with Crippen LogP contribution in [0.15, 0.2) is 52.3 Å². The fraction of sp³-hybridized carbons (Fsp3) is 0.458. The van der Waals surface area contributed by atoms with Gasteiger partial charge >= 0.3 is 0 Å². The van der Waals surface area contributed by atoms with Crippen LogP contribution < -0.4 is 10.2 Å². The lowest BCUT2D eigenvalue weighted by atomic mass is 10.1. The number of benzene rings is 2. The first kappa shape index (κ1) is 22.1. The Bertz CT molecular complexity index is 846. The van der Waals surface area contributed by atoms with Crippen molar-refractivity contribution < 1.29 is 0 Å². The van der Waals surface area contributed by atoms with Gasteiger partial charge in [0, 0.05) is 21.9 Å². The van der Waals surface area contributed by atoms with Gasteiger partial charge in [-0.3, -0.25) is 4.90 Å². The van der Waals surface area contributed by atoms with Gasteiger partial charge in [0.2, 0.25) is 0 Å². The van der Waals surface area contributed by atoms with Crippen molar-refractivity contribution in [1.82, 2.24) is 10.2 Å². The summed E-state index contributed by atoms with van der Waals surface area (Å²) in [6, 6.07) is 15.4. The van der Waals surface area contributed by atoms with E-state index in [4.69, 9.17) is 12.2 Å². The van der Waals surface area contributed by atoms with Crippen molar-refractivity contribution >= 4 is 40.3 Å². The van der Waals surface area contributed by atoms with Crippen LogP contribution in [0.3, 0.4) is 0 Å². The van der Waals surface area contributed by atoms with Crippen molar-refractivity contribution in [3.05, 3.63) is 48.0 Å². The zero-order valence-corrected chi connectivity index (χ0v) is 19.9. The van der Waals surface area contributed by atoms with Gasteiger partial charge in [0.1, 0.15) is 4.99 Å². The third-order valence-corrected chi connectivity index (χ3v) is 6.90. The Hall–Kier alpha value is -1.56. The van der Waals surface area contributed by atoms with Crippen molar-refractivity contribution in [2.45, 2.75) is 57.0 Å². The Balaban J connectivity index is 2.06. The van der Waals surface area contributed by atoms with Gasteiger partial charge in [0.25, 0.3) is 0 Å². The first-order chi connectivity index (χ1) is 14.0. The first-order valence-electron chi connectivity index (χ1n) is 10.7. The molecule has 1 N–H and O–H groups in total. The van der Waals surface area contributed by atoms with Crippen LogP contribution in [-0.2, 0) is 0 Å². The molecule has 1 unspecified atom stereocenters. The summed E-state index contributed by atoms with van der Waals surface area (Å²) in [6.45, 7) is 14.1. The molecule has 1 atom stereocenters. The molecule has 0 spiro atoms. The summed E-state index contributed by atoms with van der Waals surface area (Å²) in [5.41, 5.74) is 3.65. The Labute approximate surface area is 185 Å². The summed E-state index contributed by atoms with van der Waals surface area (Å²) in [6.07, 6.45) is 1.37. The highest BCUT2D eigenvalue weighted by Crippen LogP contribution is 2.49. The number of rotatable bonds is 8. The number of hydrogen-bond acceptors (Lipinski definition) is 4. The van der Waals surface area contributed by atoms with Crippen molar-refractivity contribution in [3.8, 4) is 0 Å². The second kappa shape index (κ2) is 9.96. The topological polar surface area (TPSA) is 18.5 Å². The average Bonchev–Trinajstić information content (AvgIpc) is 2.74. The van der Waals surface area contributed by atoms with E-state index in [9.17, 15) is 0 Å². The highest BCUT2D eigenvalue weighted by molar-refractivity contribution is 7.99. The van der Waals surface area contributed by atoms with Gasteiger partial charge in [0.05, 0.1) is 17.5 Å². The minimum atomic E-state index is 0.318. The maximum Gasteiger partial charge on any atom is 0.106 e. The minimum absolute atomic E-state index is 0.318. The molecule has 2 aromatic carbocycles. The van der Waals surface area contributed by atoms with E-state index in [0.29, 0.717) is 12.1 Å². The zero-order valence-electron chi connectivity index (χ0n) is 18.2. The molecule has 3 rings (SSSR count). The highest BCUT2D eigenvalue weighted by Gasteiger charge is 2.31. The number of thiocarbonyl (C=S) groups is 1. The van der Waals surface area contributed by atoms with E-state index >= 15 is 0 Å². The van der Waals surface area contributed by atoms with Crippen LogP contribution in [0.1, 0.15) is 46.6 Å². The number of nitrogens with one attached hydrogen (secondary N) is 1.